The summed E-state index contributed by atoms with van der Waals surface area (Å²) in [5.74, 6) is -0.252. The van der Waals surface area contributed by atoms with Gasteiger partial charge >= 0.3 is 5.97 Å². The lowest BCUT2D eigenvalue weighted by Gasteiger charge is -2.40. The molecule has 0 unspecified atom stereocenters. The summed E-state index contributed by atoms with van der Waals surface area (Å²) < 4.78 is 42.2. The quantitative estimate of drug-likeness (QED) is 0.379. The van der Waals surface area contributed by atoms with Crippen molar-refractivity contribution in [3.8, 4) is 5.75 Å². The van der Waals surface area contributed by atoms with Crippen LogP contribution in [-0.2, 0) is 24.3 Å². The third-order valence-corrected chi connectivity index (χ3v) is 8.05. The fourth-order valence-corrected chi connectivity index (χ4v) is 5.89. The minimum atomic E-state index is -3.92. The lowest BCUT2D eigenvalue weighted by atomic mass is 9.99. The Morgan fingerprint density at radius 2 is 1.79 bits per heavy atom. The number of carbonyl (C=O) groups is 1. The number of esters is 1. The highest BCUT2D eigenvalue weighted by molar-refractivity contribution is 7.91. The third kappa shape index (κ3) is 4.21. The van der Waals surface area contributed by atoms with E-state index in [1.54, 1.807) is 0 Å². The molecule has 2 aliphatic rings. The topological polar surface area (TPSA) is 125 Å². The van der Waals surface area contributed by atoms with E-state index in [4.69, 9.17) is 14.2 Å². The van der Waals surface area contributed by atoms with Crippen LogP contribution >= 0.6 is 0 Å². The molecule has 1 aromatic rings. The van der Waals surface area contributed by atoms with Crippen molar-refractivity contribution in [2.24, 2.45) is 0 Å². The van der Waals surface area contributed by atoms with Crippen molar-refractivity contribution in [3.63, 3.8) is 0 Å². The van der Waals surface area contributed by atoms with E-state index in [0.717, 1.165) is 0 Å². The van der Waals surface area contributed by atoms with Crippen molar-refractivity contribution in [1.82, 2.24) is 4.31 Å². The van der Waals surface area contributed by atoms with Gasteiger partial charge in [-0.15, -0.1) is 0 Å². The third-order valence-electron chi connectivity index (χ3n) is 5.44. The van der Waals surface area contributed by atoms with Gasteiger partial charge in [-0.3, -0.25) is 14.9 Å². The molecule has 10 nitrogen and oxygen atoms in total. The summed E-state index contributed by atoms with van der Waals surface area (Å²) in [6, 6.07) is 5.77. The van der Waals surface area contributed by atoms with Crippen LogP contribution in [0.15, 0.2) is 24.3 Å². The fourth-order valence-electron chi connectivity index (χ4n) is 3.73. The molecule has 0 spiro atoms. The van der Waals surface area contributed by atoms with Gasteiger partial charge in [0.15, 0.2) is 4.75 Å². The molecule has 11 heteroatoms. The Kier molecular flexibility index (Phi) is 6.39. The van der Waals surface area contributed by atoms with Gasteiger partial charge in [-0.1, -0.05) is 0 Å². The molecule has 0 aromatic heterocycles. The van der Waals surface area contributed by atoms with Gasteiger partial charge in [0.2, 0.25) is 10.0 Å². The molecule has 2 heterocycles. The van der Waals surface area contributed by atoms with Crippen molar-refractivity contribution in [3.05, 3.63) is 34.4 Å². The van der Waals surface area contributed by atoms with Crippen LogP contribution in [0.25, 0.3) is 0 Å². The van der Waals surface area contributed by atoms with E-state index in [1.807, 2.05) is 0 Å². The predicted molar refractivity (Wildman–Crippen MR) is 102 cm³/mol. The van der Waals surface area contributed by atoms with Crippen LogP contribution in [0.1, 0.15) is 25.7 Å². The van der Waals surface area contributed by atoms with Crippen molar-refractivity contribution < 1.29 is 32.3 Å². The Bertz CT molecular complexity index is 841. The lowest BCUT2D eigenvalue weighted by molar-refractivity contribution is -0.384. The van der Waals surface area contributed by atoms with Gasteiger partial charge in [-0.2, -0.15) is 0 Å². The van der Waals surface area contributed by atoms with E-state index in [9.17, 15) is 23.3 Å². The predicted octanol–water partition coefficient (Wildman–Crippen LogP) is 1.49. The maximum atomic E-state index is 13.3. The lowest BCUT2D eigenvalue weighted by Crippen LogP contribution is -2.58. The van der Waals surface area contributed by atoms with Gasteiger partial charge in [0, 0.05) is 51.3 Å². The van der Waals surface area contributed by atoms with Crippen LogP contribution in [0.3, 0.4) is 0 Å². The molecule has 0 bridgehead atoms. The Morgan fingerprint density at radius 1 is 1.21 bits per heavy atom. The number of piperidine rings is 1. The van der Waals surface area contributed by atoms with Crippen LogP contribution in [-0.4, -0.2) is 67.9 Å². The fraction of sp³-hybridized carbons (Fsp3) is 0.611. The zero-order valence-electron chi connectivity index (χ0n) is 16.1. The van der Waals surface area contributed by atoms with Gasteiger partial charge in [0.25, 0.3) is 5.69 Å². The Balaban J connectivity index is 1.65. The Morgan fingerprint density at radius 3 is 2.31 bits per heavy atom. The normalized spacial score (nSPS) is 20.7. The van der Waals surface area contributed by atoms with E-state index >= 15 is 0 Å². The SMILES string of the molecule is COC(=O)C1(S(=O)(=O)N2CCC(Oc3ccc([N+](=O)[O-])cc3)CC2)CCOCC1. The number of nitro groups is 1. The maximum Gasteiger partial charge on any atom is 0.328 e. The number of benzene rings is 1. The van der Waals surface area contributed by atoms with Gasteiger partial charge < -0.3 is 14.2 Å². The summed E-state index contributed by atoms with van der Waals surface area (Å²) >= 11 is 0. The number of hydrogen-bond donors (Lipinski definition) is 0. The first kappa shape index (κ1) is 21.5. The molecule has 2 fully saturated rings. The molecular weight excluding hydrogens is 404 g/mol. The molecule has 2 aliphatic heterocycles. The molecule has 0 amide bonds. The summed E-state index contributed by atoms with van der Waals surface area (Å²) in [7, 11) is -2.73. The van der Waals surface area contributed by atoms with Gasteiger partial charge in [0.1, 0.15) is 11.9 Å². The molecule has 0 aliphatic carbocycles. The first-order chi connectivity index (χ1) is 13.8. The van der Waals surface area contributed by atoms with E-state index in [-0.39, 0.29) is 50.9 Å². The number of hydrogen-bond acceptors (Lipinski definition) is 8. The summed E-state index contributed by atoms with van der Waals surface area (Å²) in [6.45, 7) is 0.821. The molecule has 1 aromatic carbocycles. The highest BCUT2D eigenvalue weighted by Crippen LogP contribution is 2.35. The second-order valence-electron chi connectivity index (χ2n) is 7.07. The van der Waals surface area contributed by atoms with Crippen LogP contribution in [0.2, 0.25) is 0 Å². The average Bonchev–Trinajstić information content (AvgIpc) is 2.74. The van der Waals surface area contributed by atoms with E-state index in [2.05, 4.69) is 0 Å². The van der Waals surface area contributed by atoms with E-state index < -0.39 is 25.7 Å². The second-order valence-corrected chi connectivity index (χ2v) is 9.32. The average molecular weight is 428 g/mol. The van der Waals surface area contributed by atoms with Crippen LogP contribution in [0, 0.1) is 10.1 Å². The van der Waals surface area contributed by atoms with Crippen molar-refractivity contribution in [2.45, 2.75) is 36.5 Å². The van der Waals surface area contributed by atoms with Crippen molar-refractivity contribution >= 4 is 21.7 Å². The molecule has 0 atom stereocenters. The standard InChI is InChI=1S/C18H24N2O8S/c1-26-17(21)18(8-12-27-13-9-18)29(24,25)19-10-6-16(7-11-19)28-15-4-2-14(3-5-15)20(22)23/h2-5,16H,6-13H2,1H3. The first-order valence-corrected chi connectivity index (χ1v) is 10.8. The zero-order valence-corrected chi connectivity index (χ0v) is 16.9. The summed E-state index contributed by atoms with van der Waals surface area (Å²) in [4.78, 5) is 22.6. The molecule has 0 saturated carbocycles. The van der Waals surface area contributed by atoms with Gasteiger partial charge in [0.05, 0.1) is 12.0 Å². The Hall–Kier alpha value is -2.24. The van der Waals surface area contributed by atoms with E-state index in [1.165, 1.54) is 35.7 Å². The zero-order chi connectivity index (χ0) is 21.1. The molecule has 0 radical (unpaired) electrons. The molecular formula is C18H24N2O8S. The number of methoxy groups -OCH3 is 1. The van der Waals surface area contributed by atoms with Crippen LogP contribution in [0.4, 0.5) is 5.69 Å². The smallest absolute Gasteiger partial charge is 0.328 e. The summed E-state index contributed by atoms with van der Waals surface area (Å²) in [5, 5.41) is 10.7. The second kappa shape index (κ2) is 8.64. The monoisotopic (exact) mass is 428 g/mol. The maximum absolute atomic E-state index is 13.3. The van der Waals surface area contributed by atoms with Crippen LogP contribution < -0.4 is 4.74 Å². The van der Waals surface area contributed by atoms with E-state index in [0.29, 0.717) is 18.6 Å². The number of ether oxygens (including phenoxy) is 3. The highest BCUT2D eigenvalue weighted by atomic mass is 32.2. The number of rotatable bonds is 6. The number of sulfonamides is 1. The van der Waals surface area contributed by atoms with Crippen molar-refractivity contribution in [2.75, 3.05) is 33.4 Å². The molecule has 3 rings (SSSR count). The number of nitrogens with zero attached hydrogens (tertiary/aromatic N) is 2. The summed E-state index contributed by atoms with van der Waals surface area (Å²) in [6.07, 6.45) is 0.822. The van der Waals surface area contributed by atoms with Gasteiger partial charge in [-0.25, -0.2) is 12.7 Å². The number of carbonyl (C=O) groups excluding carboxylic acids is 1. The van der Waals surface area contributed by atoms with Gasteiger partial charge in [-0.05, 0) is 25.0 Å². The Labute approximate surface area is 168 Å². The molecule has 2 saturated heterocycles. The highest BCUT2D eigenvalue weighted by Gasteiger charge is 2.55. The summed E-state index contributed by atoms with van der Waals surface area (Å²) in [5.41, 5.74) is -0.0252. The number of non-ortho nitro benzene ring substituents is 1. The molecule has 0 N–H and O–H groups in total. The van der Waals surface area contributed by atoms with Crippen molar-refractivity contribution in [1.29, 1.82) is 0 Å². The molecule has 29 heavy (non-hydrogen) atoms. The molecule has 160 valence electrons. The number of nitro benzene ring substituents is 1. The minimum absolute atomic E-state index is 0.0252. The van der Waals surface area contributed by atoms with Crippen LogP contribution in [0.5, 0.6) is 5.75 Å². The largest absolute Gasteiger partial charge is 0.490 e. The minimum Gasteiger partial charge on any atom is -0.490 e. The first-order valence-electron chi connectivity index (χ1n) is 9.37.